The van der Waals surface area contributed by atoms with Crippen LogP contribution in [0.25, 0.3) is 6.08 Å². The van der Waals surface area contributed by atoms with Gasteiger partial charge in [0.15, 0.2) is 11.5 Å². The average molecular weight is 349 g/mol. The van der Waals surface area contributed by atoms with Crippen molar-refractivity contribution >= 4 is 23.4 Å². The van der Waals surface area contributed by atoms with E-state index in [1.54, 1.807) is 24.3 Å². The summed E-state index contributed by atoms with van der Waals surface area (Å²) in [5, 5.41) is 12.1. The summed E-state index contributed by atoms with van der Waals surface area (Å²) >= 11 is 0. The van der Waals surface area contributed by atoms with E-state index in [4.69, 9.17) is 9.47 Å². The first-order chi connectivity index (χ1) is 12.6. The second-order valence-corrected chi connectivity index (χ2v) is 5.97. The molecule has 0 fully saturated rings. The van der Waals surface area contributed by atoms with Crippen molar-refractivity contribution in [2.45, 2.75) is 0 Å². The van der Waals surface area contributed by atoms with Crippen LogP contribution in [0.15, 0.2) is 48.0 Å². The Morgan fingerprint density at radius 3 is 2.46 bits per heavy atom. The molecule has 0 aliphatic carbocycles. The molecule has 6 nitrogen and oxygen atoms in total. The Kier molecular flexibility index (Phi) is 5.09. The van der Waals surface area contributed by atoms with Gasteiger partial charge in [0, 0.05) is 31.5 Å². The molecule has 26 heavy (non-hydrogen) atoms. The molecule has 1 heterocycles. The van der Waals surface area contributed by atoms with Crippen LogP contribution in [0.3, 0.4) is 0 Å². The third-order valence-corrected chi connectivity index (χ3v) is 3.89. The van der Waals surface area contributed by atoms with Gasteiger partial charge in [0.1, 0.15) is 24.9 Å². The van der Waals surface area contributed by atoms with Gasteiger partial charge in [-0.3, -0.25) is 4.79 Å². The van der Waals surface area contributed by atoms with Crippen LogP contribution < -0.4 is 19.7 Å². The summed E-state index contributed by atoms with van der Waals surface area (Å²) in [7, 11) is 3.90. The lowest BCUT2D eigenvalue weighted by atomic mass is 10.1. The Hall–Kier alpha value is -3.46. The molecule has 0 spiro atoms. The second kappa shape index (κ2) is 7.62. The fraction of sp³-hybridized carbons (Fsp3) is 0.200. The lowest BCUT2D eigenvalue weighted by Gasteiger charge is -2.18. The molecular formula is C20H19N3O3. The van der Waals surface area contributed by atoms with Crippen molar-refractivity contribution in [2.75, 3.05) is 37.5 Å². The number of fused-ring (bicyclic) bond motifs is 1. The van der Waals surface area contributed by atoms with E-state index < -0.39 is 5.91 Å². The molecule has 0 radical (unpaired) electrons. The van der Waals surface area contributed by atoms with Gasteiger partial charge >= 0.3 is 0 Å². The summed E-state index contributed by atoms with van der Waals surface area (Å²) in [5.41, 5.74) is 2.40. The van der Waals surface area contributed by atoms with Crippen LogP contribution in [-0.2, 0) is 4.79 Å². The fourth-order valence-corrected chi connectivity index (χ4v) is 2.50. The summed E-state index contributed by atoms with van der Waals surface area (Å²) in [5.74, 6) is 0.753. The molecule has 3 rings (SSSR count). The van der Waals surface area contributed by atoms with Gasteiger partial charge in [-0.1, -0.05) is 12.1 Å². The number of carbonyl (C=O) groups is 1. The molecule has 0 saturated heterocycles. The van der Waals surface area contributed by atoms with Gasteiger partial charge < -0.3 is 19.7 Å². The predicted molar refractivity (Wildman–Crippen MR) is 100 cm³/mol. The van der Waals surface area contributed by atoms with Crippen molar-refractivity contribution in [2.24, 2.45) is 0 Å². The van der Waals surface area contributed by atoms with Crippen molar-refractivity contribution in [3.8, 4) is 17.6 Å². The number of hydrogen-bond donors (Lipinski definition) is 1. The van der Waals surface area contributed by atoms with E-state index in [2.05, 4.69) is 5.32 Å². The SMILES string of the molecule is CN(C)c1ccc(C=C(C#N)C(=O)Nc2ccc3c(c2)OCCO3)cc1. The highest BCUT2D eigenvalue weighted by atomic mass is 16.6. The molecule has 132 valence electrons. The largest absolute Gasteiger partial charge is 0.486 e. The Morgan fingerprint density at radius 2 is 1.81 bits per heavy atom. The maximum absolute atomic E-state index is 12.4. The molecule has 1 N–H and O–H groups in total. The van der Waals surface area contributed by atoms with Crippen LogP contribution in [0.1, 0.15) is 5.56 Å². The van der Waals surface area contributed by atoms with Crippen molar-refractivity contribution in [3.05, 3.63) is 53.6 Å². The minimum Gasteiger partial charge on any atom is -0.486 e. The van der Waals surface area contributed by atoms with Gasteiger partial charge in [0.25, 0.3) is 5.91 Å². The molecule has 6 heteroatoms. The Bertz CT molecular complexity index is 880. The van der Waals surface area contributed by atoms with E-state index in [0.717, 1.165) is 11.3 Å². The van der Waals surface area contributed by atoms with E-state index in [1.165, 1.54) is 0 Å². The van der Waals surface area contributed by atoms with Gasteiger partial charge in [-0.05, 0) is 35.9 Å². The van der Waals surface area contributed by atoms with Crippen LogP contribution in [0.4, 0.5) is 11.4 Å². The van der Waals surface area contributed by atoms with E-state index in [9.17, 15) is 10.1 Å². The summed E-state index contributed by atoms with van der Waals surface area (Å²) < 4.78 is 11.0. The smallest absolute Gasteiger partial charge is 0.266 e. The Morgan fingerprint density at radius 1 is 1.12 bits per heavy atom. The second-order valence-electron chi connectivity index (χ2n) is 5.97. The minimum atomic E-state index is -0.471. The highest BCUT2D eigenvalue weighted by Crippen LogP contribution is 2.32. The third-order valence-electron chi connectivity index (χ3n) is 3.89. The number of rotatable bonds is 4. The number of nitriles is 1. The topological polar surface area (TPSA) is 74.6 Å². The van der Waals surface area contributed by atoms with Gasteiger partial charge in [-0.25, -0.2) is 0 Å². The number of hydrogen-bond acceptors (Lipinski definition) is 5. The lowest BCUT2D eigenvalue weighted by molar-refractivity contribution is -0.112. The zero-order valence-electron chi connectivity index (χ0n) is 14.7. The van der Waals surface area contributed by atoms with Crippen LogP contribution in [0.5, 0.6) is 11.5 Å². The predicted octanol–water partition coefficient (Wildman–Crippen LogP) is 3.07. The Labute approximate surface area is 152 Å². The summed E-state index contributed by atoms with van der Waals surface area (Å²) in [6.45, 7) is 0.976. The number of carbonyl (C=O) groups excluding carboxylic acids is 1. The maximum atomic E-state index is 12.4. The van der Waals surface area contributed by atoms with E-state index in [0.29, 0.717) is 30.4 Å². The first-order valence-corrected chi connectivity index (χ1v) is 8.17. The van der Waals surface area contributed by atoms with Gasteiger partial charge in [0.05, 0.1) is 0 Å². The number of ether oxygens (including phenoxy) is 2. The maximum Gasteiger partial charge on any atom is 0.266 e. The zero-order chi connectivity index (χ0) is 18.5. The quantitative estimate of drug-likeness (QED) is 0.678. The monoisotopic (exact) mass is 349 g/mol. The van der Waals surface area contributed by atoms with Gasteiger partial charge in [-0.15, -0.1) is 0 Å². The molecule has 1 aliphatic heterocycles. The molecule has 0 aromatic heterocycles. The number of anilines is 2. The molecule has 0 unspecified atom stereocenters. The first-order valence-electron chi connectivity index (χ1n) is 8.17. The standard InChI is InChI=1S/C20H19N3O3/c1-23(2)17-6-3-14(4-7-17)11-15(13-21)20(24)22-16-5-8-18-19(12-16)26-10-9-25-18/h3-8,11-12H,9-10H2,1-2H3,(H,22,24). The molecule has 0 atom stereocenters. The van der Waals surface area contributed by atoms with Crippen molar-refractivity contribution in [1.82, 2.24) is 0 Å². The number of nitrogens with one attached hydrogen (secondary N) is 1. The molecule has 1 amide bonds. The third kappa shape index (κ3) is 3.95. The molecule has 0 saturated carbocycles. The summed E-state index contributed by atoms with van der Waals surface area (Å²) in [4.78, 5) is 14.4. The van der Waals surface area contributed by atoms with Crippen molar-refractivity contribution < 1.29 is 14.3 Å². The highest BCUT2D eigenvalue weighted by molar-refractivity contribution is 6.09. The van der Waals surface area contributed by atoms with Crippen LogP contribution in [0, 0.1) is 11.3 Å². The van der Waals surface area contributed by atoms with Crippen molar-refractivity contribution in [3.63, 3.8) is 0 Å². The fourth-order valence-electron chi connectivity index (χ4n) is 2.50. The normalized spacial score (nSPS) is 12.9. The molecule has 1 aliphatic rings. The number of amides is 1. The highest BCUT2D eigenvalue weighted by Gasteiger charge is 2.14. The lowest BCUT2D eigenvalue weighted by Crippen LogP contribution is -2.17. The molecule has 2 aromatic carbocycles. The van der Waals surface area contributed by atoms with Gasteiger partial charge in [-0.2, -0.15) is 5.26 Å². The summed E-state index contributed by atoms with van der Waals surface area (Å²) in [6.07, 6.45) is 1.56. The zero-order valence-corrected chi connectivity index (χ0v) is 14.7. The van der Waals surface area contributed by atoms with Crippen LogP contribution >= 0.6 is 0 Å². The molecule has 0 bridgehead atoms. The van der Waals surface area contributed by atoms with Crippen LogP contribution in [-0.4, -0.2) is 33.2 Å². The Balaban J connectivity index is 1.75. The number of benzene rings is 2. The van der Waals surface area contributed by atoms with E-state index in [-0.39, 0.29) is 5.57 Å². The minimum absolute atomic E-state index is 0.0255. The van der Waals surface area contributed by atoms with E-state index >= 15 is 0 Å². The average Bonchev–Trinajstić information content (AvgIpc) is 2.66. The van der Waals surface area contributed by atoms with E-state index in [1.807, 2.05) is 49.3 Å². The van der Waals surface area contributed by atoms with Gasteiger partial charge in [0.2, 0.25) is 0 Å². The summed E-state index contributed by atoms with van der Waals surface area (Å²) in [6, 6.07) is 14.7. The first kappa shape index (κ1) is 17.4. The number of nitrogens with zero attached hydrogens (tertiary/aromatic N) is 2. The molecule has 2 aromatic rings. The van der Waals surface area contributed by atoms with Crippen molar-refractivity contribution in [1.29, 1.82) is 5.26 Å². The van der Waals surface area contributed by atoms with Crippen LogP contribution in [0.2, 0.25) is 0 Å². The molecular weight excluding hydrogens is 330 g/mol.